The highest BCUT2D eigenvalue weighted by Gasteiger charge is 2.37. The quantitative estimate of drug-likeness (QED) is 0.830. The van der Waals surface area contributed by atoms with Gasteiger partial charge in [-0.3, -0.25) is 0 Å². The third kappa shape index (κ3) is 3.21. The number of rotatable bonds is 5. The monoisotopic (exact) mass is 349 g/mol. The molecule has 8 heteroatoms. The summed E-state index contributed by atoms with van der Waals surface area (Å²) in [6, 6.07) is 9.89. The van der Waals surface area contributed by atoms with E-state index >= 15 is 0 Å². The summed E-state index contributed by atoms with van der Waals surface area (Å²) in [5.74, 6) is -0.991. The van der Waals surface area contributed by atoms with Crippen molar-refractivity contribution in [2.75, 3.05) is 12.4 Å². The first-order valence-corrected chi connectivity index (χ1v) is 7.22. The molecule has 0 bridgehead atoms. The highest BCUT2D eigenvalue weighted by molar-refractivity contribution is 6.42. The summed E-state index contributed by atoms with van der Waals surface area (Å²) in [7, 11) is 1.53. The van der Waals surface area contributed by atoms with Crippen LogP contribution in [0.5, 0.6) is 5.75 Å². The predicted molar refractivity (Wildman–Crippen MR) is 83.5 cm³/mol. The van der Waals surface area contributed by atoms with Crippen molar-refractivity contribution in [2.45, 2.75) is 6.29 Å². The Morgan fingerprint density at radius 2 is 2.12 bits per heavy atom. The van der Waals surface area contributed by atoms with Crippen molar-refractivity contribution in [2.24, 2.45) is 0 Å². The molecule has 0 saturated carbocycles. The highest BCUT2D eigenvalue weighted by Crippen LogP contribution is 2.29. The van der Waals surface area contributed by atoms with E-state index in [0.717, 1.165) is 0 Å². The van der Waals surface area contributed by atoms with Crippen LogP contribution < -0.4 is 10.1 Å². The van der Waals surface area contributed by atoms with Gasteiger partial charge in [-0.05, 0) is 24.3 Å². The van der Waals surface area contributed by atoms with Crippen LogP contribution in [-0.4, -0.2) is 25.3 Å². The van der Waals surface area contributed by atoms with E-state index in [1.165, 1.54) is 25.5 Å². The fourth-order valence-corrected chi connectivity index (χ4v) is 2.21. The fourth-order valence-electron chi connectivity index (χ4n) is 2.02. The smallest absolute Gasteiger partial charge is 0.377 e. The van der Waals surface area contributed by atoms with Gasteiger partial charge in [0.25, 0.3) is 6.29 Å². The number of carbonyl (C=O) groups is 2. The van der Waals surface area contributed by atoms with Crippen molar-refractivity contribution in [3.05, 3.63) is 59.2 Å². The number of benzene rings is 1. The molecule has 0 amide bonds. The minimum absolute atomic E-state index is 0.0187. The summed E-state index contributed by atoms with van der Waals surface area (Å²) in [5.41, 5.74) is 0.703. The SMILES string of the molecule is COc1cccc(NC2=C(Cl)C(=O)O[C@H]2OC(=O)c2ccco2)c1. The second kappa shape index (κ2) is 6.67. The Labute approximate surface area is 141 Å². The zero-order valence-electron chi connectivity index (χ0n) is 12.4. The van der Waals surface area contributed by atoms with Gasteiger partial charge in [-0.15, -0.1) is 0 Å². The van der Waals surface area contributed by atoms with Crippen LogP contribution in [0, 0.1) is 0 Å². The molecule has 2 aromatic rings. The Morgan fingerprint density at radius 1 is 1.29 bits per heavy atom. The maximum Gasteiger partial charge on any atom is 0.377 e. The molecule has 1 aromatic heterocycles. The molecule has 0 saturated heterocycles. The zero-order valence-corrected chi connectivity index (χ0v) is 13.2. The molecule has 0 spiro atoms. The van der Waals surface area contributed by atoms with Crippen LogP contribution in [0.15, 0.2) is 57.8 Å². The van der Waals surface area contributed by atoms with E-state index in [1.807, 2.05) is 0 Å². The van der Waals surface area contributed by atoms with Crippen LogP contribution in [0.25, 0.3) is 0 Å². The van der Waals surface area contributed by atoms with E-state index in [1.54, 1.807) is 24.3 Å². The van der Waals surface area contributed by atoms with Gasteiger partial charge in [0.1, 0.15) is 11.4 Å². The number of hydrogen-bond donors (Lipinski definition) is 1. The molecule has 1 atom stereocenters. The van der Waals surface area contributed by atoms with Crippen molar-refractivity contribution in [1.82, 2.24) is 0 Å². The van der Waals surface area contributed by atoms with Crippen molar-refractivity contribution in [1.29, 1.82) is 0 Å². The van der Waals surface area contributed by atoms with E-state index in [-0.39, 0.29) is 16.5 Å². The van der Waals surface area contributed by atoms with Crippen LogP contribution in [0.4, 0.5) is 5.69 Å². The van der Waals surface area contributed by atoms with Crippen LogP contribution >= 0.6 is 11.6 Å². The lowest BCUT2D eigenvalue weighted by molar-refractivity contribution is -0.152. The Balaban J connectivity index is 1.80. The first kappa shape index (κ1) is 15.9. The lowest BCUT2D eigenvalue weighted by Crippen LogP contribution is -2.24. The number of esters is 2. The average molecular weight is 350 g/mol. The fraction of sp³-hybridized carbons (Fsp3) is 0.125. The van der Waals surface area contributed by atoms with Crippen molar-refractivity contribution < 1.29 is 28.2 Å². The molecule has 1 aromatic carbocycles. The summed E-state index contributed by atoms with van der Waals surface area (Å²) in [6.45, 7) is 0. The number of methoxy groups -OCH3 is 1. The molecule has 1 aliphatic heterocycles. The van der Waals surface area contributed by atoms with Crippen LogP contribution in [0.2, 0.25) is 0 Å². The minimum atomic E-state index is -1.30. The van der Waals surface area contributed by atoms with Gasteiger partial charge in [-0.2, -0.15) is 0 Å². The first-order valence-electron chi connectivity index (χ1n) is 6.84. The number of ether oxygens (including phenoxy) is 3. The second-order valence-electron chi connectivity index (χ2n) is 4.70. The van der Waals surface area contributed by atoms with Gasteiger partial charge in [0.2, 0.25) is 5.76 Å². The summed E-state index contributed by atoms with van der Waals surface area (Å²) in [6.07, 6.45) is 0.0314. The van der Waals surface area contributed by atoms with Gasteiger partial charge < -0.3 is 23.9 Å². The normalized spacial score (nSPS) is 16.8. The molecule has 0 aliphatic carbocycles. The van der Waals surface area contributed by atoms with Gasteiger partial charge in [0.05, 0.1) is 13.4 Å². The molecule has 7 nitrogen and oxygen atoms in total. The van der Waals surface area contributed by atoms with Gasteiger partial charge in [-0.1, -0.05) is 17.7 Å². The number of halogens is 1. The Bertz CT molecular complexity index is 799. The van der Waals surface area contributed by atoms with E-state index in [4.69, 9.17) is 30.2 Å². The van der Waals surface area contributed by atoms with E-state index in [9.17, 15) is 9.59 Å². The van der Waals surface area contributed by atoms with Crippen LogP contribution in [0.3, 0.4) is 0 Å². The van der Waals surface area contributed by atoms with Gasteiger partial charge in [0, 0.05) is 11.8 Å². The molecule has 124 valence electrons. The largest absolute Gasteiger partial charge is 0.497 e. The van der Waals surface area contributed by atoms with E-state index < -0.39 is 18.2 Å². The number of anilines is 1. The van der Waals surface area contributed by atoms with Crippen molar-refractivity contribution in [3.63, 3.8) is 0 Å². The average Bonchev–Trinajstić information content (AvgIpc) is 3.20. The molecule has 1 aliphatic rings. The maximum atomic E-state index is 12.0. The number of carbonyl (C=O) groups excluding carboxylic acids is 2. The Hall–Kier alpha value is -2.93. The standard InChI is InChI=1S/C16H12ClNO6/c1-21-10-5-2-4-9(8-10)18-13-12(17)15(20)24-16(13)23-14(19)11-6-3-7-22-11/h2-8,16,18H,1H3/t16-/m1/s1. The van der Waals surface area contributed by atoms with Gasteiger partial charge >= 0.3 is 11.9 Å². The van der Waals surface area contributed by atoms with E-state index in [2.05, 4.69) is 5.32 Å². The van der Waals surface area contributed by atoms with Gasteiger partial charge in [-0.25, -0.2) is 9.59 Å². The summed E-state index contributed by atoms with van der Waals surface area (Å²) < 4.78 is 20.2. The number of furan rings is 1. The third-order valence-electron chi connectivity index (χ3n) is 3.15. The molecule has 0 fully saturated rings. The van der Waals surface area contributed by atoms with Crippen LogP contribution in [0.1, 0.15) is 10.6 Å². The van der Waals surface area contributed by atoms with Crippen molar-refractivity contribution >= 4 is 29.2 Å². The maximum absolute atomic E-state index is 12.0. The molecule has 3 rings (SSSR count). The zero-order chi connectivity index (χ0) is 17.1. The summed E-state index contributed by atoms with van der Waals surface area (Å²) in [5, 5.41) is 2.71. The predicted octanol–water partition coefficient (Wildman–Crippen LogP) is 2.89. The van der Waals surface area contributed by atoms with Gasteiger partial charge in [0.15, 0.2) is 5.03 Å². The number of cyclic esters (lactones) is 1. The molecular formula is C16H12ClNO6. The van der Waals surface area contributed by atoms with E-state index in [0.29, 0.717) is 11.4 Å². The molecule has 2 heterocycles. The highest BCUT2D eigenvalue weighted by atomic mass is 35.5. The molecule has 0 unspecified atom stereocenters. The lowest BCUT2D eigenvalue weighted by Gasteiger charge is -2.16. The number of nitrogens with one attached hydrogen (secondary N) is 1. The Morgan fingerprint density at radius 3 is 2.83 bits per heavy atom. The minimum Gasteiger partial charge on any atom is -0.497 e. The van der Waals surface area contributed by atoms with Crippen LogP contribution in [-0.2, 0) is 14.3 Å². The lowest BCUT2D eigenvalue weighted by atomic mass is 10.3. The summed E-state index contributed by atoms with van der Waals surface area (Å²) >= 11 is 5.95. The molecule has 1 N–H and O–H groups in total. The molecule has 0 radical (unpaired) electrons. The molecular weight excluding hydrogens is 338 g/mol. The molecule has 24 heavy (non-hydrogen) atoms. The first-order chi connectivity index (χ1) is 11.6. The Kier molecular flexibility index (Phi) is 4.43. The number of hydrogen-bond acceptors (Lipinski definition) is 7. The second-order valence-corrected chi connectivity index (χ2v) is 5.08. The topological polar surface area (TPSA) is 87.0 Å². The summed E-state index contributed by atoms with van der Waals surface area (Å²) in [4.78, 5) is 23.6. The third-order valence-corrected chi connectivity index (χ3v) is 3.51. The van der Waals surface area contributed by atoms with Crippen molar-refractivity contribution in [3.8, 4) is 5.75 Å².